The summed E-state index contributed by atoms with van der Waals surface area (Å²) in [6.45, 7) is 1.47. The largest absolute Gasteiger partial charge is 0.462 e. The lowest BCUT2D eigenvalue weighted by Gasteiger charge is -2.04. The maximum atomic E-state index is 12.0. The van der Waals surface area contributed by atoms with E-state index in [-0.39, 0.29) is 29.6 Å². The van der Waals surface area contributed by atoms with Gasteiger partial charge in [-0.3, -0.25) is 0 Å². The molecule has 0 bridgehead atoms. The SMILES string of the molecule is Cc1oc(CO)cc1S(=O)(=O)NCCc1cnc[nH]1. The zero-order chi connectivity index (χ0) is 13.9. The number of aryl methyl sites for hydroxylation is 1. The van der Waals surface area contributed by atoms with Gasteiger partial charge in [0.05, 0.1) is 6.33 Å². The number of imidazole rings is 1. The molecule has 2 rings (SSSR count). The van der Waals surface area contributed by atoms with E-state index >= 15 is 0 Å². The molecule has 8 heteroatoms. The molecule has 0 amide bonds. The van der Waals surface area contributed by atoms with Gasteiger partial charge < -0.3 is 14.5 Å². The number of rotatable bonds is 6. The number of nitrogens with zero attached hydrogens (tertiary/aromatic N) is 1. The molecule has 104 valence electrons. The predicted octanol–water partition coefficient (Wildman–Crippen LogP) is 0.324. The van der Waals surface area contributed by atoms with Crippen LogP contribution in [0.5, 0.6) is 0 Å². The first-order valence-electron chi connectivity index (χ1n) is 5.70. The highest BCUT2D eigenvalue weighted by Gasteiger charge is 2.20. The lowest BCUT2D eigenvalue weighted by Crippen LogP contribution is -2.26. The van der Waals surface area contributed by atoms with Crippen molar-refractivity contribution in [3.8, 4) is 0 Å². The number of hydrogen-bond acceptors (Lipinski definition) is 5. The Morgan fingerprint density at radius 2 is 2.32 bits per heavy atom. The Balaban J connectivity index is 2.03. The summed E-state index contributed by atoms with van der Waals surface area (Å²) in [5.41, 5.74) is 0.850. The highest BCUT2D eigenvalue weighted by atomic mass is 32.2. The topological polar surface area (TPSA) is 108 Å². The lowest BCUT2D eigenvalue weighted by molar-refractivity contribution is 0.244. The number of aromatic nitrogens is 2. The van der Waals surface area contributed by atoms with Gasteiger partial charge in [-0.1, -0.05) is 0 Å². The second kappa shape index (κ2) is 5.55. The predicted molar refractivity (Wildman–Crippen MR) is 66.8 cm³/mol. The molecular weight excluding hydrogens is 270 g/mol. The minimum atomic E-state index is -3.62. The Hall–Kier alpha value is -1.64. The van der Waals surface area contributed by atoms with Crippen molar-refractivity contribution >= 4 is 10.0 Å². The summed E-state index contributed by atoms with van der Waals surface area (Å²) in [6.07, 6.45) is 3.70. The van der Waals surface area contributed by atoms with Crippen LogP contribution in [-0.4, -0.2) is 30.0 Å². The molecular formula is C11H15N3O4S. The van der Waals surface area contributed by atoms with Crippen LogP contribution in [0.1, 0.15) is 17.2 Å². The van der Waals surface area contributed by atoms with Crippen molar-refractivity contribution in [3.05, 3.63) is 35.8 Å². The molecule has 0 aromatic carbocycles. The quantitative estimate of drug-likeness (QED) is 0.708. The summed E-state index contributed by atoms with van der Waals surface area (Å²) in [4.78, 5) is 6.80. The van der Waals surface area contributed by atoms with E-state index < -0.39 is 10.0 Å². The third-order valence-electron chi connectivity index (χ3n) is 2.61. The van der Waals surface area contributed by atoms with Gasteiger partial charge in [0.15, 0.2) is 0 Å². The molecule has 0 saturated heterocycles. The van der Waals surface area contributed by atoms with Crippen molar-refractivity contribution in [2.24, 2.45) is 0 Å². The molecule has 3 N–H and O–H groups in total. The van der Waals surface area contributed by atoms with Gasteiger partial charge in [0.2, 0.25) is 10.0 Å². The molecule has 0 spiro atoms. The first-order valence-corrected chi connectivity index (χ1v) is 7.18. The molecule has 2 aromatic rings. The normalized spacial score (nSPS) is 11.9. The molecule has 0 atom stereocenters. The highest BCUT2D eigenvalue weighted by Crippen LogP contribution is 2.19. The molecule has 2 aromatic heterocycles. The maximum Gasteiger partial charge on any atom is 0.244 e. The average Bonchev–Trinajstić information content (AvgIpc) is 2.98. The van der Waals surface area contributed by atoms with Crippen LogP contribution in [0, 0.1) is 6.92 Å². The van der Waals surface area contributed by atoms with E-state index in [9.17, 15) is 8.42 Å². The van der Waals surface area contributed by atoms with E-state index in [0.29, 0.717) is 6.42 Å². The number of sulfonamides is 1. The van der Waals surface area contributed by atoms with Crippen molar-refractivity contribution in [2.45, 2.75) is 24.8 Å². The van der Waals surface area contributed by atoms with E-state index in [1.165, 1.54) is 12.4 Å². The van der Waals surface area contributed by atoms with Crippen LogP contribution in [0.2, 0.25) is 0 Å². The summed E-state index contributed by atoms with van der Waals surface area (Å²) in [6, 6.07) is 1.33. The van der Waals surface area contributed by atoms with Gasteiger partial charge in [0, 0.05) is 30.9 Å². The van der Waals surface area contributed by atoms with Crippen LogP contribution in [0.15, 0.2) is 27.9 Å². The van der Waals surface area contributed by atoms with Crippen LogP contribution >= 0.6 is 0 Å². The van der Waals surface area contributed by atoms with Gasteiger partial charge >= 0.3 is 0 Å². The summed E-state index contributed by atoms with van der Waals surface area (Å²) < 4.78 is 31.7. The standard InChI is InChI=1S/C11H15N3O4S/c1-8-11(4-10(6-15)18-8)19(16,17)14-3-2-9-5-12-7-13-9/h4-5,7,14-15H,2-3,6H2,1H3,(H,12,13). The molecule has 0 aliphatic heterocycles. The summed E-state index contributed by atoms with van der Waals surface area (Å²) in [7, 11) is -3.62. The maximum absolute atomic E-state index is 12.0. The molecule has 0 saturated carbocycles. The van der Waals surface area contributed by atoms with Crippen LogP contribution in [0.3, 0.4) is 0 Å². The molecule has 7 nitrogen and oxygen atoms in total. The number of aliphatic hydroxyl groups excluding tert-OH is 1. The number of aliphatic hydroxyl groups is 1. The molecule has 0 aliphatic rings. The Bertz CT molecular complexity index is 631. The van der Waals surface area contributed by atoms with Gasteiger partial charge in [-0.2, -0.15) is 0 Å². The minimum Gasteiger partial charge on any atom is -0.462 e. The van der Waals surface area contributed by atoms with E-state index in [1.54, 1.807) is 13.1 Å². The number of aromatic amines is 1. The van der Waals surface area contributed by atoms with Gasteiger partial charge in [-0.15, -0.1) is 0 Å². The first kappa shape index (κ1) is 13.8. The third-order valence-corrected chi connectivity index (χ3v) is 4.18. The van der Waals surface area contributed by atoms with E-state index in [2.05, 4.69) is 14.7 Å². The molecule has 19 heavy (non-hydrogen) atoms. The lowest BCUT2D eigenvalue weighted by atomic mass is 10.3. The molecule has 2 heterocycles. The van der Waals surface area contributed by atoms with Crippen molar-refractivity contribution in [1.29, 1.82) is 0 Å². The fraction of sp³-hybridized carbons (Fsp3) is 0.364. The van der Waals surface area contributed by atoms with Gasteiger partial charge in [-0.05, 0) is 6.92 Å². The first-order chi connectivity index (χ1) is 9.03. The van der Waals surface area contributed by atoms with E-state index in [0.717, 1.165) is 5.69 Å². The van der Waals surface area contributed by atoms with Gasteiger partial charge in [0.25, 0.3) is 0 Å². The van der Waals surface area contributed by atoms with E-state index in [4.69, 9.17) is 9.52 Å². The average molecular weight is 285 g/mol. The zero-order valence-corrected chi connectivity index (χ0v) is 11.2. The van der Waals surface area contributed by atoms with Crippen molar-refractivity contribution in [2.75, 3.05) is 6.54 Å². The Morgan fingerprint density at radius 3 is 2.89 bits per heavy atom. The summed E-state index contributed by atoms with van der Waals surface area (Å²) in [5.74, 6) is 0.490. The smallest absolute Gasteiger partial charge is 0.244 e. The Morgan fingerprint density at radius 1 is 1.53 bits per heavy atom. The minimum absolute atomic E-state index is 0.0566. The molecule has 0 fully saturated rings. The van der Waals surface area contributed by atoms with E-state index in [1.807, 2.05) is 0 Å². The number of nitrogens with one attached hydrogen (secondary N) is 2. The molecule has 0 radical (unpaired) electrons. The Kier molecular flexibility index (Phi) is 4.03. The monoisotopic (exact) mass is 285 g/mol. The second-order valence-corrected chi connectivity index (χ2v) is 5.75. The van der Waals surface area contributed by atoms with Gasteiger partial charge in [0.1, 0.15) is 23.0 Å². The third kappa shape index (κ3) is 3.22. The molecule has 0 unspecified atom stereocenters. The van der Waals surface area contributed by atoms with Crippen molar-refractivity contribution in [3.63, 3.8) is 0 Å². The number of furan rings is 1. The Labute approximate surface area is 110 Å². The fourth-order valence-corrected chi connectivity index (χ4v) is 2.92. The van der Waals surface area contributed by atoms with Crippen molar-refractivity contribution in [1.82, 2.24) is 14.7 Å². The second-order valence-electron chi connectivity index (χ2n) is 4.02. The molecule has 0 aliphatic carbocycles. The van der Waals surface area contributed by atoms with Crippen molar-refractivity contribution < 1.29 is 17.9 Å². The van der Waals surface area contributed by atoms with Crippen LogP contribution < -0.4 is 4.72 Å². The summed E-state index contributed by atoms with van der Waals surface area (Å²) in [5, 5.41) is 8.92. The van der Waals surface area contributed by atoms with Crippen LogP contribution in [0.25, 0.3) is 0 Å². The highest BCUT2D eigenvalue weighted by molar-refractivity contribution is 7.89. The van der Waals surface area contributed by atoms with Crippen LogP contribution in [0.4, 0.5) is 0 Å². The summed E-state index contributed by atoms with van der Waals surface area (Å²) >= 11 is 0. The number of hydrogen-bond donors (Lipinski definition) is 3. The number of H-pyrrole nitrogens is 1. The van der Waals surface area contributed by atoms with Gasteiger partial charge in [-0.25, -0.2) is 18.1 Å². The van der Waals surface area contributed by atoms with Crippen LogP contribution in [-0.2, 0) is 23.1 Å². The fourth-order valence-electron chi connectivity index (χ4n) is 1.69. The zero-order valence-electron chi connectivity index (χ0n) is 10.4.